The van der Waals surface area contributed by atoms with Gasteiger partial charge < -0.3 is 9.41 Å². The van der Waals surface area contributed by atoms with E-state index in [1.165, 1.54) is 0 Å². The average Bonchev–Trinajstić information content (AvgIpc) is 0. The Morgan fingerprint density at radius 3 is 0.750 bits per heavy atom. The van der Waals surface area contributed by atoms with E-state index in [9.17, 15) is 0 Å². The summed E-state index contributed by atoms with van der Waals surface area (Å²) in [5.74, 6) is 0. The van der Waals surface area contributed by atoms with Gasteiger partial charge in [0.1, 0.15) is 0 Å². The summed E-state index contributed by atoms with van der Waals surface area (Å²) in [5.41, 5.74) is 0. The second kappa shape index (κ2) is 184. The van der Waals surface area contributed by atoms with Crippen LogP contribution in [0.15, 0.2) is 0 Å². The van der Waals surface area contributed by atoms with Crippen LogP contribution >= 0.6 is 0 Å². The van der Waals surface area contributed by atoms with Gasteiger partial charge in [-0.15, -0.1) is 0 Å². The Labute approximate surface area is 32.2 Å². The van der Waals surface area contributed by atoms with Gasteiger partial charge in [0.15, 0.2) is 0 Å². The van der Waals surface area contributed by atoms with E-state index >= 15 is 0 Å². The number of halogens is 3. The monoisotopic (exact) mass is 121 g/mol. The molecule has 0 nitrogen and oxygen atoms in total. The van der Waals surface area contributed by atoms with Crippen LogP contribution in [0, 0.1) is 0 Å². The normalized spacial score (nSPS) is 0. The van der Waals surface area contributed by atoms with Gasteiger partial charge in [0.2, 0.25) is 0 Å². The number of hydrogen-bond acceptors (Lipinski definition) is 0. The Balaban J connectivity index is 0. The molecule has 33 valence electrons. The van der Waals surface area contributed by atoms with Crippen molar-refractivity contribution in [1.29, 1.82) is 0 Å². The molecular weight excluding hydrogens is 121 g/mol. The molecule has 0 saturated carbocycles. The first-order valence-corrected chi connectivity index (χ1v) is 0. The van der Waals surface area contributed by atoms with Crippen LogP contribution in [0.5, 0.6) is 0 Å². The molecule has 0 fully saturated rings. The van der Waals surface area contributed by atoms with Gasteiger partial charge in [-0.2, -0.15) is 0 Å². The van der Waals surface area contributed by atoms with E-state index in [0.717, 1.165) is 0 Å². The van der Waals surface area contributed by atoms with Crippen molar-refractivity contribution in [3.8, 4) is 0 Å². The summed E-state index contributed by atoms with van der Waals surface area (Å²) in [7, 11) is 0. The van der Waals surface area contributed by atoms with E-state index in [4.69, 9.17) is 0 Å². The van der Waals surface area contributed by atoms with E-state index in [-0.39, 0.29) is 31.2 Å². The predicted octanol–water partition coefficient (Wildman–Crippen LogP) is -5.84. The molecule has 0 aromatic rings. The molecule has 0 spiro atoms. The molecule has 0 amide bonds. The molecular formula is HCuF3. The summed E-state index contributed by atoms with van der Waals surface area (Å²) in [6.45, 7) is 0. The maximum Gasteiger partial charge on any atom is 2.00 e. The first kappa shape index (κ1) is 493. The molecule has 0 bridgehead atoms. The van der Waals surface area contributed by atoms with Gasteiger partial charge in [0.25, 0.3) is 0 Å². The Hall–Kier alpha value is 0.309. The van der Waals surface area contributed by atoms with Crippen molar-refractivity contribution in [2.24, 2.45) is 0 Å². The van der Waals surface area contributed by atoms with E-state index in [1.807, 2.05) is 0 Å². The van der Waals surface area contributed by atoms with Crippen molar-refractivity contribution in [2.75, 3.05) is 0 Å². The summed E-state index contributed by atoms with van der Waals surface area (Å²) >= 11 is 0. The minimum absolute atomic E-state index is 0. The standard InChI is InChI=1S/Cu.3FH/h;3*1H/q+2;;;/p-2. The van der Waals surface area contributed by atoms with Gasteiger partial charge in [-0.05, 0) is 0 Å². The molecule has 0 aliphatic heterocycles. The van der Waals surface area contributed by atoms with E-state index in [2.05, 4.69) is 0 Å². The fourth-order valence-electron chi connectivity index (χ4n) is 0. The van der Waals surface area contributed by atoms with Crippen molar-refractivity contribution in [3.05, 3.63) is 0 Å². The van der Waals surface area contributed by atoms with Gasteiger partial charge in [-0.25, -0.2) is 0 Å². The summed E-state index contributed by atoms with van der Waals surface area (Å²) in [6.07, 6.45) is 0. The van der Waals surface area contributed by atoms with Crippen LogP contribution < -0.4 is 9.41 Å². The van der Waals surface area contributed by atoms with Crippen molar-refractivity contribution >= 4 is 0 Å². The van der Waals surface area contributed by atoms with Crippen LogP contribution in [-0.4, -0.2) is 0 Å². The minimum atomic E-state index is 0. The Kier molecular flexibility index (Phi) is 22700. The SMILES string of the molecule is F.[Cu+2].[F-].[F-]. The predicted molar refractivity (Wildman–Crippen MR) is 2.50 cm³/mol. The van der Waals surface area contributed by atoms with Crippen molar-refractivity contribution < 1.29 is 31.2 Å². The second-order valence-corrected chi connectivity index (χ2v) is 0. The minimum Gasteiger partial charge on any atom is -1.00 e. The molecule has 1 radical (unpaired) electrons. The molecule has 0 N–H and O–H groups in total. The topological polar surface area (TPSA) is 0 Å². The van der Waals surface area contributed by atoms with Gasteiger partial charge >= 0.3 is 17.1 Å². The summed E-state index contributed by atoms with van der Waals surface area (Å²) in [6, 6.07) is 0. The average molecular weight is 122 g/mol. The molecule has 0 heterocycles. The first-order chi connectivity index (χ1) is 0. The fourth-order valence-corrected chi connectivity index (χ4v) is 0. The second-order valence-electron chi connectivity index (χ2n) is 0. The number of rotatable bonds is 0. The molecule has 0 aromatic carbocycles. The van der Waals surface area contributed by atoms with E-state index in [0.29, 0.717) is 0 Å². The molecule has 4 heavy (non-hydrogen) atoms. The Bertz CT molecular complexity index is 3.25. The van der Waals surface area contributed by atoms with Crippen LogP contribution in [0.4, 0.5) is 4.70 Å². The molecule has 0 rings (SSSR count). The molecule has 0 saturated heterocycles. The van der Waals surface area contributed by atoms with Gasteiger partial charge in [0.05, 0.1) is 0 Å². The maximum atomic E-state index is 0. The molecule has 0 atom stereocenters. The van der Waals surface area contributed by atoms with Crippen molar-refractivity contribution in [1.82, 2.24) is 0 Å². The zero-order valence-electron chi connectivity index (χ0n) is 1.47. The van der Waals surface area contributed by atoms with Crippen molar-refractivity contribution in [3.63, 3.8) is 0 Å². The zero-order chi connectivity index (χ0) is 0. The quantitative estimate of drug-likeness (QED) is 0.280. The summed E-state index contributed by atoms with van der Waals surface area (Å²) < 4.78 is 0. The van der Waals surface area contributed by atoms with Crippen LogP contribution in [0.25, 0.3) is 0 Å². The third-order valence-corrected chi connectivity index (χ3v) is 0. The Morgan fingerprint density at radius 2 is 0.750 bits per heavy atom. The largest absolute Gasteiger partial charge is 2.00 e. The summed E-state index contributed by atoms with van der Waals surface area (Å²) in [4.78, 5) is 0. The molecule has 0 aromatic heterocycles. The van der Waals surface area contributed by atoms with Crippen LogP contribution in [0.3, 0.4) is 0 Å². The van der Waals surface area contributed by atoms with E-state index < -0.39 is 0 Å². The van der Waals surface area contributed by atoms with E-state index in [1.54, 1.807) is 0 Å². The maximum absolute atomic E-state index is 0. The van der Waals surface area contributed by atoms with Gasteiger partial charge in [0, 0.05) is 0 Å². The number of hydrogen-bond donors (Lipinski definition) is 0. The fraction of sp³-hybridized carbons (Fsp3) is 0. The molecule has 0 unspecified atom stereocenters. The first-order valence-electron chi connectivity index (χ1n) is 0. The van der Waals surface area contributed by atoms with Gasteiger partial charge in [-0.3, -0.25) is 4.70 Å². The molecule has 4 heteroatoms. The Morgan fingerprint density at radius 1 is 0.750 bits per heavy atom. The molecule has 0 aliphatic carbocycles. The third kappa shape index (κ3) is 41.3. The third-order valence-electron chi connectivity index (χ3n) is 0. The smallest absolute Gasteiger partial charge is 1.00 e. The van der Waals surface area contributed by atoms with Crippen LogP contribution in [0.2, 0.25) is 0 Å². The van der Waals surface area contributed by atoms with Gasteiger partial charge in [-0.1, -0.05) is 0 Å². The van der Waals surface area contributed by atoms with Crippen molar-refractivity contribution in [2.45, 2.75) is 0 Å². The zero-order valence-corrected chi connectivity index (χ0v) is 2.41. The van der Waals surface area contributed by atoms with Crippen LogP contribution in [-0.2, 0) is 17.1 Å². The van der Waals surface area contributed by atoms with Crippen LogP contribution in [0.1, 0.15) is 0 Å². The summed E-state index contributed by atoms with van der Waals surface area (Å²) in [5, 5.41) is 0. The molecule has 0 aliphatic rings.